The van der Waals surface area contributed by atoms with Crippen LogP contribution in [0.25, 0.3) is 0 Å². The molecule has 98 valence electrons. The van der Waals surface area contributed by atoms with Gasteiger partial charge in [-0.15, -0.1) is 0 Å². The Morgan fingerprint density at radius 2 is 2.05 bits per heavy atom. The Morgan fingerprint density at radius 1 is 1.26 bits per heavy atom. The molecule has 0 saturated carbocycles. The van der Waals surface area contributed by atoms with E-state index in [4.69, 9.17) is 0 Å². The summed E-state index contributed by atoms with van der Waals surface area (Å²) < 4.78 is 13.4. The third kappa shape index (κ3) is 3.51. The van der Waals surface area contributed by atoms with Crippen molar-refractivity contribution in [2.24, 2.45) is 0 Å². The van der Waals surface area contributed by atoms with E-state index in [1.165, 1.54) is 18.2 Å². The monoisotopic (exact) mass is 324 g/mol. The van der Waals surface area contributed by atoms with Gasteiger partial charge >= 0.3 is 0 Å². The van der Waals surface area contributed by atoms with Crippen LogP contribution in [0.5, 0.6) is 0 Å². The molecule has 0 bridgehead atoms. The summed E-state index contributed by atoms with van der Waals surface area (Å²) in [5.74, 6) is -0.327. The normalized spacial score (nSPS) is 10.2. The number of nitrogens with zero attached hydrogens (tertiary/aromatic N) is 1. The summed E-state index contributed by atoms with van der Waals surface area (Å²) in [6.45, 7) is 0.386. The lowest BCUT2D eigenvalue weighted by Crippen LogP contribution is -2.00. The zero-order chi connectivity index (χ0) is 13.8. The van der Waals surface area contributed by atoms with Crippen molar-refractivity contribution in [1.29, 1.82) is 0 Å². The summed E-state index contributed by atoms with van der Waals surface area (Å²) in [7, 11) is 0. The Morgan fingerprint density at radius 3 is 2.74 bits per heavy atom. The van der Waals surface area contributed by atoms with E-state index < -0.39 is 4.92 Å². The van der Waals surface area contributed by atoms with Gasteiger partial charge in [-0.2, -0.15) is 0 Å². The average Bonchev–Trinajstić information content (AvgIpc) is 2.37. The Balaban J connectivity index is 2.12. The topological polar surface area (TPSA) is 55.2 Å². The molecule has 0 unspecified atom stereocenters. The Labute approximate surface area is 117 Å². The SMILES string of the molecule is O=[N+]([O-])c1cc(CNc2cccc(F)c2)ccc1Br. The maximum absolute atomic E-state index is 13.0. The molecule has 4 nitrogen and oxygen atoms in total. The fraction of sp³-hybridized carbons (Fsp3) is 0.0769. The molecule has 2 aromatic carbocycles. The van der Waals surface area contributed by atoms with Crippen LogP contribution in [0, 0.1) is 15.9 Å². The van der Waals surface area contributed by atoms with Crippen molar-refractivity contribution in [3.8, 4) is 0 Å². The molecule has 2 aromatic rings. The number of hydrogen-bond acceptors (Lipinski definition) is 3. The highest BCUT2D eigenvalue weighted by Crippen LogP contribution is 2.26. The number of halogens is 2. The Bertz CT molecular complexity index is 619. The van der Waals surface area contributed by atoms with Gasteiger partial charge in [-0.25, -0.2) is 4.39 Å². The third-order valence-electron chi connectivity index (χ3n) is 2.53. The highest BCUT2D eigenvalue weighted by atomic mass is 79.9. The number of hydrogen-bond donors (Lipinski definition) is 1. The minimum absolute atomic E-state index is 0.0125. The minimum Gasteiger partial charge on any atom is -0.381 e. The largest absolute Gasteiger partial charge is 0.381 e. The van der Waals surface area contributed by atoms with Crippen LogP contribution in [0.2, 0.25) is 0 Å². The molecule has 0 fully saturated rings. The molecule has 0 aliphatic rings. The Hall–Kier alpha value is -1.95. The van der Waals surface area contributed by atoms with E-state index in [2.05, 4.69) is 21.2 Å². The maximum Gasteiger partial charge on any atom is 0.283 e. The van der Waals surface area contributed by atoms with Gasteiger partial charge in [-0.1, -0.05) is 12.1 Å². The van der Waals surface area contributed by atoms with Crippen LogP contribution in [0.3, 0.4) is 0 Å². The highest BCUT2D eigenvalue weighted by molar-refractivity contribution is 9.10. The van der Waals surface area contributed by atoms with E-state index in [-0.39, 0.29) is 11.5 Å². The zero-order valence-electron chi connectivity index (χ0n) is 9.77. The molecule has 19 heavy (non-hydrogen) atoms. The molecule has 0 atom stereocenters. The van der Waals surface area contributed by atoms with Crippen molar-refractivity contribution < 1.29 is 9.31 Å². The molecule has 0 amide bonds. The first kappa shape index (κ1) is 13.5. The summed E-state index contributed by atoms with van der Waals surface area (Å²) in [5.41, 5.74) is 1.39. The molecule has 0 saturated heterocycles. The van der Waals surface area contributed by atoms with Gasteiger partial charge in [0.25, 0.3) is 5.69 Å². The van der Waals surface area contributed by atoms with E-state index in [0.29, 0.717) is 16.7 Å². The molecule has 2 rings (SSSR count). The second-order valence-corrected chi connectivity index (χ2v) is 4.76. The number of nitro groups is 1. The lowest BCUT2D eigenvalue weighted by molar-refractivity contribution is -0.385. The first-order valence-electron chi connectivity index (χ1n) is 5.48. The van der Waals surface area contributed by atoms with E-state index in [1.807, 2.05) is 0 Å². The summed E-state index contributed by atoms with van der Waals surface area (Å²) in [5, 5.41) is 13.8. The van der Waals surface area contributed by atoms with Gasteiger partial charge in [-0.3, -0.25) is 10.1 Å². The van der Waals surface area contributed by atoms with Gasteiger partial charge in [0.1, 0.15) is 5.82 Å². The van der Waals surface area contributed by atoms with Crippen LogP contribution >= 0.6 is 15.9 Å². The molecule has 0 aliphatic carbocycles. The van der Waals surface area contributed by atoms with Crippen LogP contribution in [0.15, 0.2) is 46.9 Å². The fourth-order valence-corrected chi connectivity index (χ4v) is 2.00. The van der Waals surface area contributed by atoms with Crippen molar-refractivity contribution in [3.05, 3.63) is 68.4 Å². The van der Waals surface area contributed by atoms with Gasteiger partial charge in [-0.05, 0) is 45.8 Å². The number of anilines is 1. The number of benzene rings is 2. The van der Waals surface area contributed by atoms with Gasteiger partial charge in [0.05, 0.1) is 9.40 Å². The standard InChI is InChI=1S/C13H10BrFN2O2/c14-12-5-4-9(6-13(12)17(18)19)8-16-11-3-1-2-10(15)7-11/h1-7,16H,8H2. The van der Waals surface area contributed by atoms with Gasteiger partial charge in [0.15, 0.2) is 0 Å². The van der Waals surface area contributed by atoms with Crippen LogP contribution in [0.1, 0.15) is 5.56 Å². The predicted molar refractivity (Wildman–Crippen MR) is 74.5 cm³/mol. The number of rotatable bonds is 4. The fourth-order valence-electron chi connectivity index (χ4n) is 1.61. The Kier molecular flexibility index (Phi) is 4.11. The minimum atomic E-state index is -0.449. The van der Waals surface area contributed by atoms with E-state index in [1.54, 1.807) is 24.3 Å². The summed E-state index contributed by atoms with van der Waals surface area (Å²) >= 11 is 3.12. The van der Waals surface area contributed by atoms with Crippen molar-refractivity contribution in [2.75, 3.05) is 5.32 Å². The zero-order valence-corrected chi connectivity index (χ0v) is 11.4. The van der Waals surface area contributed by atoms with Crippen LogP contribution in [-0.2, 0) is 6.54 Å². The van der Waals surface area contributed by atoms with Gasteiger partial charge in [0.2, 0.25) is 0 Å². The first-order chi connectivity index (χ1) is 9.06. The highest BCUT2D eigenvalue weighted by Gasteiger charge is 2.11. The van der Waals surface area contributed by atoms with Crippen LogP contribution in [0.4, 0.5) is 15.8 Å². The smallest absolute Gasteiger partial charge is 0.283 e. The maximum atomic E-state index is 13.0. The van der Waals surface area contributed by atoms with Gasteiger partial charge in [0, 0.05) is 18.3 Å². The van der Waals surface area contributed by atoms with E-state index in [0.717, 1.165) is 5.56 Å². The summed E-state index contributed by atoms with van der Waals surface area (Å²) in [6, 6.07) is 10.9. The second kappa shape index (κ2) is 5.79. The van der Waals surface area contributed by atoms with Crippen molar-refractivity contribution in [2.45, 2.75) is 6.54 Å². The molecule has 0 radical (unpaired) electrons. The van der Waals surface area contributed by atoms with Crippen molar-refractivity contribution in [1.82, 2.24) is 0 Å². The molecule has 6 heteroatoms. The van der Waals surface area contributed by atoms with Gasteiger partial charge < -0.3 is 5.32 Å². The summed E-state index contributed by atoms with van der Waals surface area (Å²) in [4.78, 5) is 10.3. The number of nitrogens with one attached hydrogen (secondary N) is 1. The second-order valence-electron chi connectivity index (χ2n) is 3.91. The molecule has 0 heterocycles. The first-order valence-corrected chi connectivity index (χ1v) is 6.28. The van der Waals surface area contributed by atoms with E-state index in [9.17, 15) is 14.5 Å². The van der Waals surface area contributed by atoms with Crippen LogP contribution < -0.4 is 5.32 Å². The molecule has 1 N–H and O–H groups in total. The lowest BCUT2D eigenvalue weighted by Gasteiger charge is -2.07. The van der Waals surface area contributed by atoms with Crippen molar-refractivity contribution in [3.63, 3.8) is 0 Å². The molecule has 0 aliphatic heterocycles. The average molecular weight is 325 g/mol. The molecular weight excluding hydrogens is 315 g/mol. The van der Waals surface area contributed by atoms with Crippen LogP contribution in [-0.4, -0.2) is 4.92 Å². The predicted octanol–water partition coefficient (Wildman–Crippen LogP) is 4.11. The third-order valence-corrected chi connectivity index (χ3v) is 3.20. The molecule has 0 aromatic heterocycles. The summed E-state index contributed by atoms with van der Waals surface area (Å²) in [6.07, 6.45) is 0. The number of nitro benzene ring substituents is 1. The lowest BCUT2D eigenvalue weighted by atomic mass is 10.2. The van der Waals surface area contributed by atoms with E-state index >= 15 is 0 Å². The molecular formula is C13H10BrFN2O2. The molecule has 0 spiro atoms. The quantitative estimate of drug-likeness (QED) is 0.680. The van der Waals surface area contributed by atoms with Crippen molar-refractivity contribution >= 4 is 27.3 Å².